The van der Waals surface area contributed by atoms with Crippen molar-refractivity contribution in [2.45, 2.75) is 24.7 Å². The molecule has 0 aliphatic heterocycles. The molecule has 0 spiro atoms. The van der Waals surface area contributed by atoms with Gasteiger partial charge >= 0.3 is 41.5 Å². The summed E-state index contributed by atoms with van der Waals surface area (Å²) in [6, 6.07) is 0. The number of rotatable bonds is 4. The molecule has 1 radical (unpaired) electrons. The van der Waals surface area contributed by atoms with Crippen LogP contribution in [0, 0.1) is 12.8 Å². The first-order valence-corrected chi connectivity index (χ1v) is 5.24. The number of alkyl halides is 12. The number of ketones is 4. The van der Waals surface area contributed by atoms with E-state index in [9.17, 15) is 71.9 Å². The smallest absolute Gasteiger partial charge is 0.412 e. The SMILES string of the molecule is O.O.O=C([CH-]C(=O)C(F)(F)F)C(F)(F)F.O=C([CH-]C(=O)C(F)(F)F)C(F)(F)F.[Co+2]. The van der Waals surface area contributed by atoms with Crippen molar-refractivity contribution in [2.75, 3.05) is 0 Å². The van der Waals surface area contributed by atoms with Crippen LogP contribution in [0.3, 0.4) is 0 Å². The van der Waals surface area contributed by atoms with Crippen molar-refractivity contribution >= 4 is 23.1 Å². The summed E-state index contributed by atoms with van der Waals surface area (Å²) in [7, 11) is 0. The molecular formula is C10H6CoF12O6. The summed E-state index contributed by atoms with van der Waals surface area (Å²) in [6.45, 7) is 0. The summed E-state index contributed by atoms with van der Waals surface area (Å²) in [5, 5.41) is 0. The van der Waals surface area contributed by atoms with Crippen LogP contribution in [0.1, 0.15) is 0 Å². The quantitative estimate of drug-likeness (QED) is 0.321. The molecule has 0 saturated heterocycles. The maximum absolute atomic E-state index is 11.3. The summed E-state index contributed by atoms with van der Waals surface area (Å²) >= 11 is 0. The second kappa shape index (κ2) is 12.5. The largest absolute Gasteiger partial charge is 2.00 e. The molecule has 0 fully saturated rings. The number of carbonyl (C=O) groups excluding carboxylic acids is 4. The predicted octanol–water partition coefficient (Wildman–Crippen LogP) is 1.26. The van der Waals surface area contributed by atoms with Crippen LogP contribution in [0.15, 0.2) is 0 Å². The topological polar surface area (TPSA) is 131 Å². The van der Waals surface area contributed by atoms with E-state index in [1.54, 1.807) is 0 Å². The average Bonchev–Trinajstić information content (AvgIpc) is 2.34. The molecule has 0 unspecified atom stereocenters. The van der Waals surface area contributed by atoms with Crippen LogP contribution in [0.5, 0.6) is 0 Å². The van der Waals surface area contributed by atoms with Gasteiger partial charge in [0.25, 0.3) is 0 Å². The molecule has 0 amide bonds. The summed E-state index contributed by atoms with van der Waals surface area (Å²) < 4.78 is 136. The van der Waals surface area contributed by atoms with Crippen LogP contribution in [-0.4, -0.2) is 58.8 Å². The number of halogens is 12. The molecule has 0 heterocycles. The Bertz CT molecular complexity index is 461. The maximum Gasteiger partial charge on any atom is 2.00 e. The summed E-state index contributed by atoms with van der Waals surface area (Å²) in [5.41, 5.74) is 0. The predicted molar refractivity (Wildman–Crippen MR) is 60.1 cm³/mol. The maximum atomic E-state index is 11.3. The van der Waals surface area contributed by atoms with E-state index in [1.807, 2.05) is 0 Å². The summed E-state index contributed by atoms with van der Waals surface area (Å²) in [4.78, 5) is 39.3. The van der Waals surface area contributed by atoms with Crippen molar-refractivity contribution in [3.05, 3.63) is 12.8 Å². The molecule has 0 aromatic carbocycles. The van der Waals surface area contributed by atoms with Gasteiger partial charge in [-0.2, -0.15) is 52.7 Å². The Morgan fingerprint density at radius 3 is 0.586 bits per heavy atom. The van der Waals surface area contributed by atoms with Crippen LogP contribution in [0.25, 0.3) is 0 Å². The van der Waals surface area contributed by atoms with Crippen LogP contribution >= 0.6 is 0 Å². The van der Waals surface area contributed by atoms with E-state index < -0.39 is 60.7 Å². The van der Waals surface area contributed by atoms with E-state index in [2.05, 4.69) is 0 Å². The standard InChI is InChI=1S/2C5HF6O2.Co.2H2O/c2*6-4(7,8)2(12)1-3(13)5(9,10)11;;;/h2*1H;;2*1H2/q2*-1;+2;;. The zero-order valence-corrected chi connectivity index (χ0v) is 13.7. The molecule has 0 aromatic rings. The average molecular weight is 509 g/mol. The molecule has 0 saturated carbocycles. The van der Waals surface area contributed by atoms with Gasteiger partial charge in [-0.25, -0.2) is 12.8 Å². The van der Waals surface area contributed by atoms with Gasteiger partial charge in [-0.3, -0.25) is 0 Å². The van der Waals surface area contributed by atoms with Gasteiger partial charge < -0.3 is 30.1 Å². The van der Waals surface area contributed by atoms with Crippen molar-refractivity contribution in [1.29, 1.82) is 0 Å². The molecule has 175 valence electrons. The molecule has 0 aliphatic rings. The summed E-state index contributed by atoms with van der Waals surface area (Å²) in [6.07, 6.45) is -23.9. The van der Waals surface area contributed by atoms with Gasteiger partial charge in [0.05, 0.1) is 0 Å². The molecule has 0 rings (SSSR count). The zero-order valence-electron chi connectivity index (χ0n) is 12.7. The van der Waals surface area contributed by atoms with Crippen molar-refractivity contribution in [1.82, 2.24) is 0 Å². The Morgan fingerprint density at radius 2 is 0.517 bits per heavy atom. The van der Waals surface area contributed by atoms with Gasteiger partial charge in [-0.1, -0.05) is 0 Å². The number of carbonyl (C=O) groups is 4. The molecule has 0 atom stereocenters. The van der Waals surface area contributed by atoms with Gasteiger partial charge in [0.1, 0.15) is 23.1 Å². The minimum atomic E-state index is -5.46. The number of Topliss-reactive ketones (excluding diaryl/α,β-unsaturated/α-hetero) is 4. The Labute approximate surface area is 161 Å². The molecule has 0 aromatic heterocycles. The third kappa shape index (κ3) is 16.6. The zero-order chi connectivity index (χ0) is 21.7. The number of hydrogen-bond acceptors (Lipinski definition) is 4. The van der Waals surface area contributed by atoms with Gasteiger partial charge in [0.2, 0.25) is 0 Å². The molecule has 4 N–H and O–H groups in total. The van der Waals surface area contributed by atoms with Crippen molar-refractivity contribution in [3.63, 3.8) is 0 Å². The van der Waals surface area contributed by atoms with Crippen LogP contribution in [0.2, 0.25) is 0 Å². The second-order valence-electron chi connectivity index (χ2n) is 3.74. The third-order valence-electron chi connectivity index (χ3n) is 1.64. The fourth-order valence-electron chi connectivity index (χ4n) is 0.565. The Morgan fingerprint density at radius 1 is 0.414 bits per heavy atom. The fraction of sp³-hybridized carbons (Fsp3) is 0.400. The Balaban J connectivity index is -0.000000120. The van der Waals surface area contributed by atoms with Crippen molar-refractivity contribution in [2.24, 2.45) is 0 Å². The third-order valence-corrected chi connectivity index (χ3v) is 1.64. The van der Waals surface area contributed by atoms with Crippen molar-refractivity contribution < 1.29 is 99.6 Å². The molecule has 6 nitrogen and oxygen atoms in total. The monoisotopic (exact) mass is 509 g/mol. The van der Waals surface area contributed by atoms with E-state index in [-0.39, 0.29) is 27.7 Å². The minimum absolute atomic E-state index is 0. The van der Waals surface area contributed by atoms with E-state index in [4.69, 9.17) is 0 Å². The van der Waals surface area contributed by atoms with Crippen LogP contribution in [0.4, 0.5) is 52.7 Å². The van der Waals surface area contributed by atoms with E-state index in [0.29, 0.717) is 0 Å². The van der Waals surface area contributed by atoms with Gasteiger partial charge in [-0.15, -0.1) is 0 Å². The molecule has 0 bridgehead atoms. The normalized spacial score (nSPS) is 11.2. The Hall–Kier alpha value is -1.99. The van der Waals surface area contributed by atoms with E-state index in [1.165, 1.54) is 0 Å². The first kappa shape index (κ1) is 37.7. The van der Waals surface area contributed by atoms with Gasteiger partial charge in [0, 0.05) is 0 Å². The van der Waals surface area contributed by atoms with E-state index >= 15 is 0 Å². The van der Waals surface area contributed by atoms with Crippen LogP contribution in [-0.2, 0) is 36.0 Å². The molecule has 19 heteroatoms. The first-order chi connectivity index (χ1) is 11.1. The van der Waals surface area contributed by atoms with Crippen LogP contribution < -0.4 is 0 Å². The summed E-state index contributed by atoms with van der Waals surface area (Å²) in [5.74, 6) is -11.3. The molecule has 0 aliphatic carbocycles. The van der Waals surface area contributed by atoms with Crippen molar-refractivity contribution in [3.8, 4) is 0 Å². The van der Waals surface area contributed by atoms with Gasteiger partial charge in [-0.05, 0) is 0 Å². The number of hydrogen-bond donors (Lipinski definition) is 0. The van der Waals surface area contributed by atoms with E-state index in [0.717, 1.165) is 0 Å². The minimum Gasteiger partial charge on any atom is -0.412 e. The second-order valence-corrected chi connectivity index (χ2v) is 3.74. The molecular weight excluding hydrogens is 503 g/mol. The molecule has 29 heavy (non-hydrogen) atoms. The first-order valence-electron chi connectivity index (χ1n) is 5.24. The van der Waals surface area contributed by atoms with Gasteiger partial charge in [0.15, 0.2) is 0 Å². The Kier molecular flexibility index (Phi) is 16.3. The fourth-order valence-corrected chi connectivity index (χ4v) is 0.565.